The SMILES string of the molecule is COc1ccc(COC(=O)NC(C(=O)N[C@H]2C(=O)N3C(C(=O)O)=C(CSc4nnnn4C)CSC23)c2ccco2)cc1. The number of aliphatic carboxylic acids is 1. The van der Waals surface area contributed by atoms with Crippen molar-refractivity contribution in [1.29, 1.82) is 0 Å². The van der Waals surface area contributed by atoms with E-state index in [0.29, 0.717) is 27.8 Å². The standard InChI is InChI=1S/C25H25N7O8S2/c1-31-24(28-29-30-31)42-12-14-11-41-22-18(21(34)32(22)19(14)23(35)36)26-20(33)17(16-4-3-9-39-16)27-25(37)40-10-13-5-7-15(38-2)8-6-13/h3-9,17-18,22H,10-12H2,1-2H3,(H,26,33)(H,27,37)(H,35,36)/t17?,18-,22?/m0/s1. The van der Waals surface area contributed by atoms with Crippen molar-refractivity contribution < 1.29 is 38.2 Å². The number of carboxylic acids is 1. The van der Waals surface area contributed by atoms with Gasteiger partial charge in [0.25, 0.3) is 11.8 Å². The Hall–Kier alpha value is -4.51. The average Bonchev–Trinajstić information content (AvgIpc) is 3.68. The number of carboxylic acid groups (broad SMARTS) is 1. The van der Waals surface area contributed by atoms with E-state index in [4.69, 9.17) is 13.9 Å². The molecule has 3 amide bonds. The van der Waals surface area contributed by atoms with Crippen molar-refractivity contribution in [3.05, 3.63) is 65.3 Å². The van der Waals surface area contributed by atoms with Crippen LogP contribution in [0, 0.1) is 0 Å². The predicted octanol–water partition coefficient (Wildman–Crippen LogP) is 1.31. The van der Waals surface area contributed by atoms with Gasteiger partial charge in [0.15, 0.2) is 6.04 Å². The molecule has 0 aliphatic carbocycles. The molecule has 2 unspecified atom stereocenters. The van der Waals surface area contributed by atoms with Crippen molar-refractivity contribution in [3.63, 3.8) is 0 Å². The Kier molecular flexibility index (Phi) is 8.67. The molecule has 0 bridgehead atoms. The number of thioether (sulfide) groups is 2. The van der Waals surface area contributed by atoms with Gasteiger partial charge in [0.05, 0.1) is 13.4 Å². The number of tetrazole rings is 1. The Morgan fingerprint density at radius 3 is 2.69 bits per heavy atom. The number of aryl methyl sites for hydroxylation is 1. The van der Waals surface area contributed by atoms with Gasteiger partial charge in [-0.3, -0.25) is 14.5 Å². The molecule has 1 saturated heterocycles. The van der Waals surface area contributed by atoms with Gasteiger partial charge in [-0.1, -0.05) is 23.9 Å². The van der Waals surface area contributed by atoms with Crippen molar-refractivity contribution in [2.24, 2.45) is 7.05 Å². The molecule has 220 valence electrons. The molecule has 15 nitrogen and oxygen atoms in total. The number of alkyl carbamates (subject to hydrolysis) is 1. The average molecular weight is 616 g/mol. The van der Waals surface area contributed by atoms with E-state index in [9.17, 15) is 24.3 Å². The first-order chi connectivity index (χ1) is 20.3. The highest BCUT2D eigenvalue weighted by molar-refractivity contribution is 8.01. The highest BCUT2D eigenvalue weighted by Crippen LogP contribution is 2.41. The summed E-state index contributed by atoms with van der Waals surface area (Å²) in [7, 11) is 3.21. The summed E-state index contributed by atoms with van der Waals surface area (Å²) in [5.41, 5.74) is 1.11. The lowest BCUT2D eigenvalue weighted by Crippen LogP contribution is -2.71. The summed E-state index contributed by atoms with van der Waals surface area (Å²) < 4.78 is 17.2. The number of aromatic nitrogens is 4. The second kappa shape index (κ2) is 12.6. The number of methoxy groups -OCH3 is 1. The number of β-lactam (4-membered cyclic amide) rings is 1. The number of fused-ring (bicyclic) bond motifs is 1. The molecule has 0 saturated carbocycles. The number of nitrogens with one attached hydrogen (secondary N) is 2. The quantitative estimate of drug-likeness (QED) is 0.207. The summed E-state index contributed by atoms with van der Waals surface area (Å²) in [6, 6.07) is 7.64. The highest BCUT2D eigenvalue weighted by Gasteiger charge is 2.54. The number of nitrogens with zero attached hydrogens (tertiary/aromatic N) is 5. The monoisotopic (exact) mass is 615 g/mol. The topological polar surface area (TPSA) is 191 Å². The van der Waals surface area contributed by atoms with Crippen LogP contribution >= 0.6 is 23.5 Å². The number of rotatable bonds is 11. The summed E-state index contributed by atoms with van der Waals surface area (Å²) >= 11 is 2.57. The molecule has 3 N–H and O–H groups in total. The smallest absolute Gasteiger partial charge is 0.408 e. The molecule has 0 radical (unpaired) electrons. The second-order valence-electron chi connectivity index (χ2n) is 9.04. The number of furan rings is 1. The fourth-order valence-electron chi connectivity index (χ4n) is 4.28. The van der Waals surface area contributed by atoms with Crippen LogP contribution in [0.4, 0.5) is 4.79 Å². The Labute approximate surface area is 247 Å². The number of amides is 3. The first-order valence-electron chi connectivity index (χ1n) is 12.4. The second-order valence-corrected chi connectivity index (χ2v) is 11.1. The largest absolute Gasteiger partial charge is 0.497 e. The zero-order chi connectivity index (χ0) is 29.8. The molecule has 2 aliphatic heterocycles. The van der Waals surface area contributed by atoms with Crippen molar-refractivity contribution in [2.45, 2.75) is 29.2 Å². The Morgan fingerprint density at radius 2 is 2.05 bits per heavy atom. The molecule has 42 heavy (non-hydrogen) atoms. The first kappa shape index (κ1) is 29.0. The van der Waals surface area contributed by atoms with E-state index in [2.05, 4.69) is 26.2 Å². The Morgan fingerprint density at radius 1 is 1.26 bits per heavy atom. The van der Waals surface area contributed by atoms with Crippen molar-refractivity contribution in [3.8, 4) is 5.75 Å². The van der Waals surface area contributed by atoms with Crippen LogP contribution in [0.15, 0.2) is 63.5 Å². The van der Waals surface area contributed by atoms with E-state index in [1.54, 1.807) is 44.5 Å². The maximum atomic E-state index is 13.3. The maximum Gasteiger partial charge on any atom is 0.408 e. The zero-order valence-corrected chi connectivity index (χ0v) is 23.9. The molecule has 2 aliphatic rings. The highest BCUT2D eigenvalue weighted by atomic mass is 32.2. The summed E-state index contributed by atoms with van der Waals surface area (Å²) in [5.74, 6) is -1.20. The number of ether oxygens (including phenoxy) is 2. The minimum Gasteiger partial charge on any atom is -0.497 e. The van der Waals surface area contributed by atoms with Crippen molar-refractivity contribution in [1.82, 2.24) is 35.7 Å². The van der Waals surface area contributed by atoms with E-state index in [1.807, 2.05) is 0 Å². The lowest BCUT2D eigenvalue weighted by Gasteiger charge is -2.49. The molecular weight excluding hydrogens is 590 g/mol. The number of carbonyl (C=O) groups excluding carboxylic acids is 3. The molecule has 17 heteroatoms. The third-order valence-corrected chi connectivity index (χ3v) is 8.82. The van der Waals surface area contributed by atoms with E-state index in [-0.39, 0.29) is 23.8 Å². The van der Waals surface area contributed by atoms with Gasteiger partial charge >= 0.3 is 12.1 Å². The van der Waals surface area contributed by atoms with Gasteiger partial charge in [0.1, 0.15) is 35.2 Å². The lowest BCUT2D eigenvalue weighted by molar-refractivity contribution is -0.151. The fraction of sp³-hybridized carbons (Fsp3) is 0.320. The third-order valence-electron chi connectivity index (χ3n) is 6.39. The molecule has 5 rings (SSSR count). The number of hydrogen-bond acceptors (Lipinski definition) is 12. The molecule has 1 aromatic carbocycles. The molecule has 3 atom stereocenters. The van der Waals surface area contributed by atoms with Crippen LogP contribution in [-0.2, 0) is 32.8 Å². The van der Waals surface area contributed by atoms with Gasteiger partial charge in [-0.2, -0.15) is 0 Å². The maximum absolute atomic E-state index is 13.3. The van der Waals surface area contributed by atoms with Crippen LogP contribution in [0.25, 0.3) is 0 Å². The van der Waals surface area contributed by atoms with Gasteiger partial charge in [-0.25, -0.2) is 14.3 Å². The summed E-state index contributed by atoms with van der Waals surface area (Å²) in [6.07, 6.45) is 0.459. The Bertz CT molecular complexity index is 1510. The molecule has 3 aromatic rings. The molecule has 2 aromatic heterocycles. The molecular formula is C25H25N7O8S2. The number of hydrogen-bond donors (Lipinski definition) is 3. The minimum atomic E-state index is -1.31. The summed E-state index contributed by atoms with van der Waals surface area (Å²) in [6.45, 7) is -0.0603. The van der Waals surface area contributed by atoms with E-state index in [0.717, 1.165) is 0 Å². The van der Waals surface area contributed by atoms with Crippen LogP contribution in [0.3, 0.4) is 0 Å². The van der Waals surface area contributed by atoms with Gasteiger partial charge in [-0.05, 0) is 45.8 Å². The van der Waals surface area contributed by atoms with Gasteiger partial charge in [0, 0.05) is 18.6 Å². The van der Waals surface area contributed by atoms with Gasteiger partial charge < -0.3 is 29.6 Å². The predicted molar refractivity (Wildman–Crippen MR) is 147 cm³/mol. The summed E-state index contributed by atoms with van der Waals surface area (Å²) in [5, 5.41) is 26.1. The first-order valence-corrected chi connectivity index (χ1v) is 14.5. The van der Waals surface area contributed by atoms with Crippen LogP contribution in [0.5, 0.6) is 5.75 Å². The number of benzene rings is 1. The van der Waals surface area contributed by atoms with Crippen molar-refractivity contribution >= 4 is 47.4 Å². The van der Waals surface area contributed by atoms with E-state index in [1.165, 1.54) is 45.4 Å². The van der Waals surface area contributed by atoms with Gasteiger partial charge in [0.2, 0.25) is 5.16 Å². The van der Waals surface area contributed by atoms with Crippen LogP contribution in [-0.4, -0.2) is 84.1 Å². The van der Waals surface area contributed by atoms with Crippen LogP contribution in [0.1, 0.15) is 17.4 Å². The van der Waals surface area contributed by atoms with Gasteiger partial charge in [-0.15, -0.1) is 16.9 Å². The molecule has 4 heterocycles. The zero-order valence-electron chi connectivity index (χ0n) is 22.3. The summed E-state index contributed by atoms with van der Waals surface area (Å²) in [4.78, 5) is 52.3. The normalized spacial score (nSPS) is 18.5. The number of carbonyl (C=O) groups is 4. The molecule has 1 fully saturated rings. The minimum absolute atomic E-state index is 0.0603. The van der Waals surface area contributed by atoms with E-state index < -0.39 is 41.3 Å². The van der Waals surface area contributed by atoms with Crippen molar-refractivity contribution in [2.75, 3.05) is 18.6 Å². The Balaban J connectivity index is 1.23. The lowest BCUT2D eigenvalue weighted by atomic mass is 10.0. The van der Waals surface area contributed by atoms with Crippen LogP contribution < -0.4 is 15.4 Å². The van der Waals surface area contributed by atoms with Crippen LogP contribution in [0.2, 0.25) is 0 Å². The van der Waals surface area contributed by atoms with E-state index >= 15 is 0 Å². The fourth-order valence-corrected chi connectivity index (χ4v) is 6.61. The third kappa shape index (κ3) is 6.06. The molecule has 0 spiro atoms.